The third kappa shape index (κ3) is 4.70. The minimum Gasteiger partial charge on any atom is -0.338 e. The van der Waals surface area contributed by atoms with E-state index in [1.807, 2.05) is 54.6 Å². The predicted octanol–water partition coefficient (Wildman–Crippen LogP) is 3.91. The number of nitrogens with one attached hydrogen (secondary N) is 1. The fourth-order valence-corrected chi connectivity index (χ4v) is 2.92. The van der Waals surface area contributed by atoms with Crippen molar-refractivity contribution in [3.63, 3.8) is 0 Å². The summed E-state index contributed by atoms with van der Waals surface area (Å²) in [6.45, 7) is 1.49. The van der Waals surface area contributed by atoms with Crippen LogP contribution in [0.15, 0.2) is 64.0 Å². The summed E-state index contributed by atoms with van der Waals surface area (Å²) in [6, 6.07) is 17.7. The largest absolute Gasteiger partial charge is 0.338 e. The molecule has 2 aromatic carbocycles. The van der Waals surface area contributed by atoms with E-state index in [1.54, 1.807) is 11.8 Å². The zero-order chi connectivity index (χ0) is 16.8. The molecule has 0 aliphatic carbocycles. The Morgan fingerprint density at radius 3 is 2.58 bits per heavy atom. The summed E-state index contributed by atoms with van der Waals surface area (Å²) in [5.74, 6) is 1.84. The van der Waals surface area contributed by atoms with Crippen LogP contribution in [0.4, 0.5) is 5.69 Å². The van der Waals surface area contributed by atoms with Crippen molar-refractivity contribution in [2.45, 2.75) is 24.0 Å². The molecule has 1 amide bonds. The number of anilines is 1. The molecule has 0 atom stereocenters. The Kier molecular flexibility index (Phi) is 5.28. The van der Waals surface area contributed by atoms with Crippen LogP contribution >= 0.6 is 11.8 Å². The van der Waals surface area contributed by atoms with Gasteiger partial charge < -0.3 is 9.84 Å². The van der Waals surface area contributed by atoms with E-state index < -0.39 is 0 Å². The van der Waals surface area contributed by atoms with Crippen LogP contribution in [0.2, 0.25) is 0 Å². The molecule has 0 unspecified atom stereocenters. The summed E-state index contributed by atoms with van der Waals surface area (Å²) >= 11 is 1.61. The van der Waals surface area contributed by atoms with E-state index in [4.69, 9.17) is 4.52 Å². The number of benzene rings is 2. The molecular weight excluding hydrogens is 322 g/mol. The van der Waals surface area contributed by atoms with Crippen LogP contribution in [-0.4, -0.2) is 16.0 Å². The Morgan fingerprint density at radius 1 is 1.12 bits per heavy atom. The third-order valence-electron chi connectivity index (χ3n) is 3.25. The number of rotatable bonds is 6. The first-order valence-electron chi connectivity index (χ1n) is 7.55. The van der Waals surface area contributed by atoms with Gasteiger partial charge in [-0.25, -0.2) is 0 Å². The summed E-state index contributed by atoms with van der Waals surface area (Å²) in [5, 5.41) is 6.77. The normalized spacial score (nSPS) is 10.5. The molecule has 0 saturated carbocycles. The topological polar surface area (TPSA) is 68.0 Å². The van der Waals surface area contributed by atoms with Crippen molar-refractivity contribution in [3.8, 4) is 0 Å². The van der Waals surface area contributed by atoms with Crippen LogP contribution in [0.3, 0.4) is 0 Å². The Hall–Kier alpha value is -2.60. The number of nitrogens with zero attached hydrogens (tertiary/aromatic N) is 2. The predicted molar refractivity (Wildman–Crippen MR) is 93.9 cm³/mol. The number of carbonyl (C=O) groups is 1. The number of amides is 1. The van der Waals surface area contributed by atoms with Crippen molar-refractivity contribution in [2.75, 3.05) is 5.32 Å². The summed E-state index contributed by atoms with van der Waals surface area (Å²) in [6.07, 6.45) is 0.667. The smallest absolute Gasteiger partial charge is 0.237 e. The molecule has 0 radical (unpaired) electrons. The SMILES string of the molecule is CC(=O)Nc1ccc(SCc2nc(Cc3ccccc3)no2)cc1. The Bertz CT molecular complexity index is 801. The Balaban J connectivity index is 1.54. The molecule has 122 valence electrons. The monoisotopic (exact) mass is 339 g/mol. The highest BCUT2D eigenvalue weighted by Crippen LogP contribution is 2.23. The zero-order valence-corrected chi connectivity index (χ0v) is 14.0. The van der Waals surface area contributed by atoms with E-state index in [2.05, 4.69) is 15.5 Å². The minimum absolute atomic E-state index is 0.0767. The summed E-state index contributed by atoms with van der Waals surface area (Å²) in [5.41, 5.74) is 1.95. The maximum absolute atomic E-state index is 11.0. The van der Waals surface area contributed by atoms with Crippen molar-refractivity contribution in [3.05, 3.63) is 71.9 Å². The van der Waals surface area contributed by atoms with Gasteiger partial charge in [-0.15, -0.1) is 11.8 Å². The van der Waals surface area contributed by atoms with Crippen LogP contribution in [0.1, 0.15) is 24.2 Å². The summed E-state index contributed by atoms with van der Waals surface area (Å²) < 4.78 is 5.30. The highest BCUT2D eigenvalue weighted by molar-refractivity contribution is 7.98. The standard InChI is InChI=1S/C18H17N3O2S/c1-13(22)19-15-7-9-16(10-8-15)24-12-18-20-17(21-23-18)11-14-5-3-2-4-6-14/h2-10H,11-12H2,1H3,(H,19,22). The number of carbonyl (C=O) groups excluding carboxylic acids is 1. The molecule has 0 aliphatic heterocycles. The molecule has 0 spiro atoms. The van der Waals surface area contributed by atoms with Gasteiger partial charge in [0.05, 0.1) is 5.75 Å². The van der Waals surface area contributed by atoms with E-state index in [1.165, 1.54) is 6.92 Å². The van der Waals surface area contributed by atoms with Gasteiger partial charge in [0, 0.05) is 23.9 Å². The molecule has 3 rings (SSSR count). The van der Waals surface area contributed by atoms with Crippen molar-refractivity contribution < 1.29 is 9.32 Å². The van der Waals surface area contributed by atoms with Gasteiger partial charge >= 0.3 is 0 Å². The molecule has 1 heterocycles. The van der Waals surface area contributed by atoms with Gasteiger partial charge in [0.15, 0.2) is 5.82 Å². The maximum Gasteiger partial charge on any atom is 0.237 e. The first-order chi connectivity index (χ1) is 11.7. The Morgan fingerprint density at radius 2 is 1.88 bits per heavy atom. The molecule has 3 aromatic rings. The van der Waals surface area contributed by atoms with Crippen LogP contribution in [0.25, 0.3) is 0 Å². The first kappa shape index (κ1) is 16.3. The van der Waals surface area contributed by atoms with Crippen LogP contribution in [0, 0.1) is 0 Å². The van der Waals surface area contributed by atoms with Crippen molar-refractivity contribution in [1.82, 2.24) is 10.1 Å². The quantitative estimate of drug-likeness (QED) is 0.690. The van der Waals surface area contributed by atoms with Gasteiger partial charge in [0.1, 0.15) is 0 Å². The third-order valence-corrected chi connectivity index (χ3v) is 4.25. The van der Waals surface area contributed by atoms with E-state index >= 15 is 0 Å². The molecule has 6 heteroatoms. The lowest BCUT2D eigenvalue weighted by Gasteiger charge is -2.03. The van der Waals surface area contributed by atoms with Gasteiger partial charge in [-0.3, -0.25) is 4.79 Å². The number of hydrogen-bond donors (Lipinski definition) is 1. The molecule has 1 N–H and O–H groups in total. The second-order valence-corrected chi connectivity index (χ2v) is 6.31. The van der Waals surface area contributed by atoms with Crippen LogP contribution in [-0.2, 0) is 17.0 Å². The minimum atomic E-state index is -0.0767. The zero-order valence-electron chi connectivity index (χ0n) is 13.2. The van der Waals surface area contributed by atoms with Gasteiger partial charge in [-0.05, 0) is 29.8 Å². The van der Waals surface area contributed by atoms with Crippen molar-refractivity contribution >= 4 is 23.4 Å². The second kappa shape index (κ2) is 7.79. The fraction of sp³-hybridized carbons (Fsp3) is 0.167. The molecule has 0 aliphatic rings. The van der Waals surface area contributed by atoms with E-state index in [0.717, 1.165) is 16.1 Å². The molecule has 0 fully saturated rings. The molecule has 0 bridgehead atoms. The first-order valence-corrected chi connectivity index (χ1v) is 8.53. The van der Waals surface area contributed by atoms with Crippen molar-refractivity contribution in [2.24, 2.45) is 0 Å². The highest BCUT2D eigenvalue weighted by Gasteiger charge is 2.08. The van der Waals surface area contributed by atoms with Gasteiger partial charge in [-0.1, -0.05) is 35.5 Å². The van der Waals surface area contributed by atoms with Gasteiger partial charge in [0.25, 0.3) is 0 Å². The lowest BCUT2D eigenvalue weighted by Crippen LogP contribution is -2.05. The van der Waals surface area contributed by atoms with E-state index in [0.29, 0.717) is 23.9 Å². The molecule has 0 saturated heterocycles. The van der Waals surface area contributed by atoms with E-state index in [9.17, 15) is 4.79 Å². The highest BCUT2D eigenvalue weighted by atomic mass is 32.2. The van der Waals surface area contributed by atoms with E-state index in [-0.39, 0.29) is 5.91 Å². The average Bonchev–Trinajstić information content (AvgIpc) is 3.02. The summed E-state index contributed by atoms with van der Waals surface area (Å²) in [7, 11) is 0. The van der Waals surface area contributed by atoms with Crippen LogP contribution < -0.4 is 5.32 Å². The van der Waals surface area contributed by atoms with Gasteiger partial charge in [0.2, 0.25) is 11.8 Å². The average molecular weight is 339 g/mol. The number of aromatic nitrogens is 2. The molecular formula is C18H17N3O2S. The maximum atomic E-state index is 11.0. The summed E-state index contributed by atoms with van der Waals surface area (Å²) in [4.78, 5) is 16.5. The van der Waals surface area contributed by atoms with Crippen LogP contribution in [0.5, 0.6) is 0 Å². The molecule has 24 heavy (non-hydrogen) atoms. The van der Waals surface area contributed by atoms with Gasteiger partial charge in [-0.2, -0.15) is 4.98 Å². The lowest BCUT2D eigenvalue weighted by molar-refractivity contribution is -0.114. The number of hydrogen-bond acceptors (Lipinski definition) is 5. The number of thioether (sulfide) groups is 1. The Labute approximate surface area is 144 Å². The lowest BCUT2D eigenvalue weighted by atomic mass is 10.1. The molecule has 1 aromatic heterocycles. The molecule has 5 nitrogen and oxygen atoms in total. The van der Waals surface area contributed by atoms with Crippen molar-refractivity contribution in [1.29, 1.82) is 0 Å². The fourth-order valence-electron chi connectivity index (χ4n) is 2.18. The second-order valence-electron chi connectivity index (χ2n) is 5.26.